The molecule has 0 heterocycles. The van der Waals surface area contributed by atoms with Gasteiger partial charge in [0.05, 0.1) is 13.1 Å². The molecule has 0 unspecified atom stereocenters. The maximum absolute atomic E-state index is 11.0. The van der Waals surface area contributed by atoms with Crippen molar-refractivity contribution in [1.29, 1.82) is 0 Å². The van der Waals surface area contributed by atoms with Crippen LogP contribution in [0.25, 0.3) is 0 Å². The molecule has 0 aromatic heterocycles. The summed E-state index contributed by atoms with van der Waals surface area (Å²) in [6.07, 6.45) is -4.93. The van der Waals surface area contributed by atoms with E-state index in [9.17, 15) is 13.2 Å². The lowest BCUT2D eigenvalue weighted by Gasteiger charge is -2.02. The molecule has 0 spiro atoms. The number of rotatable bonds is 2. The van der Waals surface area contributed by atoms with Gasteiger partial charge in [-0.05, 0) is 7.05 Å². The molecule has 9 heavy (non-hydrogen) atoms. The Morgan fingerprint density at radius 2 is 1.78 bits per heavy atom. The third-order valence-corrected chi connectivity index (χ3v) is 0.395. The van der Waals surface area contributed by atoms with Crippen LogP contribution in [0.2, 0.25) is 0 Å². The summed E-state index contributed by atoms with van der Waals surface area (Å²) in [5.41, 5.74) is 4.50. The van der Waals surface area contributed by atoms with Crippen LogP contribution < -0.4 is 5.73 Å². The molecule has 0 amide bonds. The molecule has 0 aromatic carbocycles. The predicted molar refractivity (Wildman–Crippen MR) is 27.9 cm³/mol. The van der Waals surface area contributed by atoms with Gasteiger partial charge in [0.2, 0.25) is 0 Å². The van der Waals surface area contributed by atoms with Crippen LogP contribution in [0.4, 0.5) is 13.2 Å². The molecule has 58 valence electrons. The third kappa shape index (κ3) is 18.3. The van der Waals surface area contributed by atoms with Gasteiger partial charge in [-0.1, -0.05) is 0 Å². The fourth-order valence-electron chi connectivity index (χ4n) is 0.114. The molecule has 2 nitrogen and oxygen atoms in total. The van der Waals surface area contributed by atoms with Gasteiger partial charge in [0.1, 0.15) is 0 Å². The monoisotopic (exact) mass is 145 g/mol. The SMILES string of the molecule is CN.OC(F)(F)CCF. The van der Waals surface area contributed by atoms with Crippen LogP contribution in [-0.2, 0) is 0 Å². The van der Waals surface area contributed by atoms with Gasteiger partial charge in [0, 0.05) is 0 Å². The van der Waals surface area contributed by atoms with E-state index >= 15 is 0 Å². The molecule has 0 saturated heterocycles. The third-order valence-electron chi connectivity index (χ3n) is 0.395. The zero-order valence-electron chi connectivity index (χ0n) is 5.07. The highest BCUT2D eigenvalue weighted by Crippen LogP contribution is 2.12. The fourth-order valence-corrected chi connectivity index (χ4v) is 0.114. The van der Waals surface area contributed by atoms with E-state index in [2.05, 4.69) is 5.73 Å². The molecule has 0 aliphatic carbocycles. The summed E-state index contributed by atoms with van der Waals surface area (Å²) >= 11 is 0. The van der Waals surface area contributed by atoms with Crippen molar-refractivity contribution in [2.75, 3.05) is 13.7 Å². The molecule has 0 radical (unpaired) electrons. The van der Waals surface area contributed by atoms with Crippen LogP contribution >= 0.6 is 0 Å². The number of nitrogens with two attached hydrogens (primary N) is 1. The highest BCUT2D eigenvalue weighted by Gasteiger charge is 2.22. The minimum Gasteiger partial charge on any atom is -0.336 e. The Morgan fingerprint density at radius 1 is 1.44 bits per heavy atom. The smallest absolute Gasteiger partial charge is 0.336 e. The average Bonchev–Trinajstić information content (AvgIpc) is 1.69. The fraction of sp³-hybridized carbons (Fsp3) is 1.00. The molecule has 0 rings (SSSR count). The maximum atomic E-state index is 11.0. The van der Waals surface area contributed by atoms with Crippen molar-refractivity contribution in [1.82, 2.24) is 0 Å². The van der Waals surface area contributed by atoms with E-state index in [4.69, 9.17) is 5.11 Å². The van der Waals surface area contributed by atoms with Crippen LogP contribution in [-0.4, -0.2) is 24.9 Å². The van der Waals surface area contributed by atoms with E-state index in [1.54, 1.807) is 0 Å². The molecule has 3 N–H and O–H groups in total. The van der Waals surface area contributed by atoms with Gasteiger partial charge in [0.25, 0.3) is 0 Å². The standard InChI is InChI=1S/C3H5F3O.CH5N/c4-2-1-3(5,6)7;1-2/h7H,1-2H2;2H2,1H3. The Hall–Kier alpha value is -0.290. The first-order valence-corrected chi connectivity index (χ1v) is 2.30. The van der Waals surface area contributed by atoms with Crippen LogP contribution in [0.5, 0.6) is 0 Å². The first kappa shape index (κ1) is 11.5. The molecule has 5 heteroatoms. The second-order valence-corrected chi connectivity index (χ2v) is 1.10. The van der Waals surface area contributed by atoms with Crippen molar-refractivity contribution in [2.45, 2.75) is 12.5 Å². The van der Waals surface area contributed by atoms with E-state index in [0.29, 0.717) is 0 Å². The molecule has 0 bridgehead atoms. The van der Waals surface area contributed by atoms with E-state index in [0.717, 1.165) is 0 Å². The van der Waals surface area contributed by atoms with Crippen LogP contribution in [0.15, 0.2) is 0 Å². The summed E-state index contributed by atoms with van der Waals surface area (Å²) in [5.74, 6) is 0. The highest BCUT2D eigenvalue weighted by atomic mass is 19.3. The van der Waals surface area contributed by atoms with Crippen LogP contribution in [0, 0.1) is 0 Å². The number of hydrogen-bond acceptors (Lipinski definition) is 2. The molecule has 0 aliphatic rings. The molecule has 0 fully saturated rings. The van der Waals surface area contributed by atoms with Crippen molar-refractivity contribution in [2.24, 2.45) is 5.73 Å². The number of alkyl halides is 3. The maximum Gasteiger partial charge on any atom is 0.355 e. The number of aliphatic hydroxyl groups is 1. The van der Waals surface area contributed by atoms with E-state index in [-0.39, 0.29) is 0 Å². The van der Waals surface area contributed by atoms with Gasteiger partial charge in [0.15, 0.2) is 0 Å². The second kappa shape index (κ2) is 5.84. The highest BCUT2D eigenvalue weighted by molar-refractivity contribution is 4.44. The van der Waals surface area contributed by atoms with Crippen molar-refractivity contribution in [3.63, 3.8) is 0 Å². The van der Waals surface area contributed by atoms with Crippen molar-refractivity contribution in [3.05, 3.63) is 0 Å². The quantitative estimate of drug-likeness (QED) is 0.594. The summed E-state index contributed by atoms with van der Waals surface area (Å²) in [6, 6.07) is 0. The normalized spacial score (nSPS) is 10.0. The topological polar surface area (TPSA) is 46.2 Å². The van der Waals surface area contributed by atoms with Gasteiger partial charge in [-0.3, -0.25) is 4.39 Å². The summed E-state index contributed by atoms with van der Waals surface area (Å²) in [7, 11) is 1.50. The van der Waals surface area contributed by atoms with E-state index < -0.39 is 19.2 Å². The van der Waals surface area contributed by atoms with E-state index in [1.165, 1.54) is 7.05 Å². The second-order valence-electron chi connectivity index (χ2n) is 1.10. The van der Waals surface area contributed by atoms with Crippen LogP contribution in [0.3, 0.4) is 0 Å². The lowest BCUT2D eigenvalue weighted by Crippen LogP contribution is -2.14. The predicted octanol–water partition coefficient (Wildman–Crippen LogP) is 0.506. The Labute approximate surface area is 51.5 Å². The van der Waals surface area contributed by atoms with Gasteiger partial charge < -0.3 is 10.8 Å². The zero-order valence-corrected chi connectivity index (χ0v) is 5.07. The van der Waals surface area contributed by atoms with Crippen molar-refractivity contribution >= 4 is 0 Å². The first-order chi connectivity index (χ1) is 4.06. The van der Waals surface area contributed by atoms with Gasteiger partial charge in [-0.25, -0.2) is 0 Å². The Balaban J connectivity index is 0. The first-order valence-electron chi connectivity index (χ1n) is 2.30. The lowest BCUT2D eigenvalue weighted by molar-refractivity contribution is -0.204. The number of hydrogen-bond donors (Lipinski definition) is 2. The lowest BCUT2D eigenvalue weighted by atomic mass is 10.4. The Morgan fingerprint density at radius 3 is 1.78 bits per heavy atom. The minimum absolute atomic E-state index is 1.10. The Kier molecular flexibility index (Phi) is 7.46. The molecule has 0 aliphatic heterocycles. The largest absolute Gasteiger partial charge is 0.355 e. The molecule has 0 saturated carbocycles. The molecule has 0 aromatic rings. The van der Waals surface area contributed by atoms with Gasteiger partial charge in [-0.2, -0.15) is 8.78 Å². The van der Waals surface area contributed by atoms with Crippen molar-refractivity contribution in [3.8, 4) is 0 Å². The van der Waals surface area contributed by atoms with Crippen LogP contribution in [0.1, 0.15) is 6.42 Å². The van der Waals surface area contributed by atoms with Gasteiger partial charge in [-0.15, -0.1) is 0 Å². The number of halogens is 3. The zero-order chi connectivity index (χ0) is 7.91. The van der Waals surface area contributed by atoms with Crippen molar-refractivity contribution < 1.29 is 18.3 Å². The molecular weight excluding hydrogens is 135 g/mol. The van der Waals surface area contributed by atoms with E-state index in [1.807, 2.05) is 0 Å². The van der Waals surface area contributed by atoms with Gasteiger partial charge >= 0.3 is 6.11 Å². The summed E-state index contributed by atoms with van der Waals surface area (Å²) < 4.78 is 32.9. The average molecular weight is 145 g/mol. The summed E-state index contributed by atoms with van der Waals surface area (Å²) in [4.78, 5) is 0. The summed E-state index contributed by atoms with van der Waals surface area (Å²) in [6.45, 7) is -1.19. The minimum atomic E-state index is -3.82. The Bertz CT molecular complexity index is 54.3. The molecule has 0 atom stereocenters. The summed E-state index contributed by atoms with van der Waals surface area (Å²) in [5, 5.41) is 7.44. The molecular formula is C4H10F3NO.